The minimum absolute atomic E-state index is 0.620. The molecular formula is C17H24BrClN2O2S. The van der Waals surface area contributed by atoms with Crippen LogP contribution in [0, 0.1) is 0 Å². The van der Waals surface area contributed by atoms with Crippen LogP contribution in [-0.2, 0) is 4.79 Å². The number of hydrogen-bond acceptors (Lipinski definition) is 5. The van der Waals surface area contributed by atoms with Crippen molar-refractivity contribution in [3.63, 3.8) is 0 Å². The Labute approximate surface area is 162 Å². The fourth-order valence-corrected chi connectivity index (χ4v) is 2.26. The van der Waals surface area contributed by atoms with Crippen molar-refractivity contribution in [2.75, 3.05) is 14.2 Å². The molecule has 0 aliphatic carbocycles. The summed E-state index contributed by atoms with van der Waals surface area (Å²) in [6.07, 6.45) is 2.62. The Balaban J connectivity index is 0. The fourth-order valence-electron chi connectivity index (χ4n) is 1.30. The highest BCUT2D eigenvalue weighted by Gasteiger charge is 2.13. The van der Waals surface area contributed by atoms with Gasteiger partial charge < -0.3 is 5.11 Å². The van der Waals surface area contributed by atoms with Crippen molar-refractivity contribution in [1.29, 1.82) is 0 Å². The highest BCUT2D eigenvalue weighted by atomic mass is 79.9. The second kappa shape index (κ2) is 15.4. The van der Waals surface area contributed by atoms with Gasteiger partial charge in [-0.25, -0.2) is 0 Å². The lowest BCUT2D eigenvalue weighted by atomic mass is 10.1. The maximum absolute atomic E-state index is 10.8. The largest absolute Gasteiger partial charge is 0.400 e. The summed E-state index contributed by atoms with van der Waals surface area (Å²) >= 11 is 9.76. The van der Waals surface area contributed by atoms with Gasteiger partial charge in [-0.1, -0.05) is 60.1 Å². The second-order valence-electron chi connectivity index (χ2n) is 3.93. The number of carbonyl (C=O) groups is 1. The van der Waals surface area contributed by atoms with Crippen molar-refractivity contribution in [2.24, 2.45) is 4.40 Å². The van der Waals surface area contributed by atoms with E-state index in [9.17, 15) is 4.79 Å². The quantitative estimate of drug-likeness (QED) is 0.511. The monoisotopic (exact) mass is 434 g/mol. The molecule has 0 amide bonds. The summed E-state index contributed by atoms with van der Waals surface area (Å²) in [6, 6.07) is 7.84. The van der Waals surface area contributed by atoms with Gasteiger partial charge in [0, 0.05) is 29.2 Å². The molecular weight excluding hydrogens is 412 g/mol. The van der Waals surface area contributed by atoms with Crippen molar-refractivity contribution in [1.82, 2.24) is 4.31 Å². The van der Waals surface area contributed by atoms with E-state index in [1.54, 1.807) is 17.3 Å². The third kappa shape index (κ3) is 10.6. The maximum atomic E-state index is 10.8. The van der Waals surface area contributed by atoms with Crippen molar-refractivity contribution >= 4 is 51.7 Å². The molecule has 4 nitrogen and oxygen atoms in total. The number of allylic oxidation sites excluding steroid dienone is 3. The molecule has 134 valence electrons. The Bertz CT molecular complexity index is 573. The summed E-state index contributed by atoms with van der Waals surface area (Å²) in [5, 5.41) is 7.64. The summed E-state index contributed by atoms with van der Waals surface area (Å²) in [5.74, 6) is 0. The van der Waals surface area contributed by atoms with E-state index in [-0.39, 0.29) is 0 Å². The Morgan fingerprint density at radius 1 is 1.42 bits per heavy atom. The first-order valence-electron chi connectivity index (χ1n) is 7.11. The zero-order valence-electron chi connectivity index (χ0n) is 14.6. The van der Waals surface area contributed by atoms with Gasteiger partial charge in [0.05, 0.1) is 23.5 Å². The van der Waals surface area contributed by atoms with Gasteiger partial charge in [-0.3, -0.25) is 9.10 Å². The lowest BCUT2D eigenvalue weighted by molar-refractivity contribution is -0.105. The standard InChI is InChI=1S/C11H9BrN2OS.C3H5Cl.C2H6.CH4O/c1-14-10(7-15)6-11(13-16-14)8-3-2-4-9(12)5-8;1-3(2)4;2*1-2/h2-7H,1H3;1H2,2H3;1-2H3;2H,1H3. The van der Waals surface area contributed by atoms with Gasteiger partial charge >= 0.3 is 0 Å². The minimum Gasteiger partial charge on any atom is -0.400 e. The topological polar surface area (TPSA) is 52.9 Å². The zero-order chi connectivity index (χ0) is 19.1. The normalized spacial score (nSPS) is 11.9. The molecule has 1 heterocycles. The van der Waals surface area contributed by atoms with Crippen LogP contribution in [0.25, 0.3) is 0 Å². The molecule has 1 N–H and O–H groups in total. The van der Waals surface area contributed by atoms with Crippen LogP contribution >= 0.6 is 39.7 Å². The predicted molar refractivity (Wildman–Crippen MR) is 110 cm³/mol. The highest BCUT2D eigenvalue weighted by Crippen LogP contribution is 2.23. The van der Waals surface area contributed by atoms with E-state index in [0.29, 0.717) is 10.7 Å². The fraction of sp³-hybridized carbons (Fsp3) is 0.294. The van der Waals surface area contributed by atoms with Crippen LogP contribution in [0.2, 0.25) is 0 Å². The Morgan fingerprint density at radius 2 is 1.96 bits per heavy atom. The zero-order valence-corrected chi connectivity index (χ0v) is 17.7. The first kappa shape index (κ1) is 25.2. The summed E-state index contributed by atoms with van der Waals surface area (Å²) in [7, 11) is 2.81. The number of aliphatic hydroxyl groups is 1. The molecule has 24 heavy (non-hydrogen) atoms. The summed E-state index contributed by atoms with van der Waals surface area (Å²) in [6.45, 7) is 9.06. The van der Waals surface area contributed by atoms with E-state index in [4.69, 9.17) is 16.7 Å². The van der Waals surface area contributed by atoms with Gasteiger partial charge in [0.15, 0.2) is 6.29 Å². The summed E-state index contributed by atoms with van der Waals surface area (Å²) in [5.41, 5.74) is 2.43. The van der Waals surface area contributed by atoms with E-state index in [0.717, 1.165) is 29.1 Å². The van der Waals surface area contributed by atoms with Crippen LogP contribution in [-0.4, -0.2) is 35.6 Å². The number of halogens is 2. The van der Waals surface area contributed by atoms with Crippen molar-refractivity contribution < 1.29 is 9.90 Å². The first-order chi connectivity index (χ1) is 11.4. The lowest BCUT2D eigenvalue weighted by Crippen LogP contribution is -2.15. The molecule has 0 unspecified atom stereocenters. The van der Waals surface area contributed by atoms with E-state index < -0.39 is 0 Å². The van der Waals surface area contributed by atoms with Gasteiger partial charge in [-0.15, -0.1) is 0 Å². The molecule has 1 aromatic rings. The number of likely N-dealkylation sites (N-methyl/N-ethyl adjacent to an activating group) is 1. The van der Waals surface area contributed by atoms with E-state index >= 15 is 0 Å². The molecule has 0 saturated carbocycles. The Hall–Kier alpha value is -1.08. The molecule has 1 aromatic carbocycles. The minimum atomic E-state index is 0.620. The Kier molecular flexibility index (Phi) is 16.2. The van der Waals surface area contributed by atoms with Crippen molar-refractivity contribution in [3.8, 4) is 0 Å². The van der Waals surface area contributed by atoms with Crippen LogP contribution in [0.15, 0.2) is 56.5 Å². The predicted octanol–water partition coefficient (Wildman–Crippen LogP) is 5.22. The summed E-state index contributed by atoms with van der Waals surface area (Å²) < 4.78 is 7.05. The number of hydrogen-bond donors (Lipinski definition) is 1. The van der Waals surface area contributed by atoms with Gasteiger partial charge in [0.25, 0.3) is 0 Å². The van der Waals surface area contributed by atoms with E-state index in [1.807, 2.05) is 45.2 Å². The lowest BCUT2D eigenvalue weighted by Gasteiger charge is -2.19. The van der Waals surface area contributed by atoms with Crippen LogP contribution in [0.4, 0.5) is 0 Å². The second-order valence-corrected chi connectivity index (χ2v) is 6.38. The average molecular weight is 436 g/mol. The molecule has 7 heteroatoms. The molecule has 0 atom stereocenters. The van der Waals surface area contributed by atoms with Gasteiger partial charge in [-0.05, 0) is 25.1 Å². The molecule has 0 fully saturated rings. The SMILES string of the molecule is C=C(C)Cl.CC.CN1SN=C(c2cccc(Br)c2)C=C1C=O.CO. The van der Waals surface area contributed by atoms with Crippen molar-refractivity contribution in [2.45, 2.75) is 20.8 Å². The number of aliphatic hydroxyl groups excluding tert-OH is 1. The van der Waals surface area contributed by atoms with Gasteiger partial charge in [-0.2, -0.15) is 4.40 Å². The van der Waals surface area contributed by atoms with Crippen LogP contribution in [0.1, 0.15) is 26.3 Å². The first-order valence-corrected chi connectivity index (χ1v) is 9.01. The third-order valence-corrected chi connectivity index (χ3v) is 3.38. The van der Waals surface area contributed by atoms with Crippen LogP contribution in [0.5, 0.6) is 0 Å². The molecule has 0 aromatic heterocycles. The molecule has 0 bridgehead atoms. The molecule has 1 aliphatic rings. The Morgan fingerprint density at radius 3 is 2.42 bits per heavy atom. The number of benzene rings is 1. The molecule has 0 radical (unpaired) electrons. The maximum Gasteiger partial charge on any atom is 0.167 e. The third-order valence-electron chi connectivity index (χ3n) is 2.15. The summed E-state index contributed by atoms with van der Waals surface area (Å²) in [4.78, 5) is 10.8. The van der Waals surface area contributed by atoms with Crippen LogP contribution in [0.3, 0.4) is 0 Å². The van der Waals surface area contributed by atoms with Crippen LogP contribution < -0.4 is 0 Å². The number of aldehydes is 1. The number of carbonyl (C=O) groups excluding carboxylic acids is 1. The molecule has 2 rings (SSSR count). The van der Waals surface area contributed by atoms with E-state index in [2.05, 4.69) is 26.9 Å². The smallest absolute Gasteiger partial charge is 0.167 e. The highest BCUT2D eigenvalue weighted by molar-refractivity contribution is 9.10. The average Bonchev–Trinajstić information content (AvgIpc) is 2.58. The molecule has 0 saturated heterocycles. The number of nitrogens with zero attached hydrogens (tertiary/aromatic N) is 2. The molecule has 1 aliphatic heterocycles. The molecule has 0 spiro atoms. The van der Waals surface area contributed by atoms with Crippen molar-refractivity contribution in [3.05, 3.63) is 57.7 Å². The van der Waals surface area contributed by atoms with Gasteiger partial charge in [0.2, 0.25) is 0 Å². The van der Waals surface area contributed by atoms with Gasteiger partial charge in [0.1, 0.15) is 0 Å². The van der Waals surface area contributed by atoms with E-state index in [1.165, 1.54) is 12.1 Å². The number of rotatable bonds is 2.